The van der Waals surface area contributed by atoms with E-state index in [4.69, 9.17) is 9.47 Å². The third kappa shape index (κ3) is 3.93. The van der Waals surface area contributed by atoms with E-state index in [9.17, 15) is 4.79 Å². The third-order valence-corrected chi connectivity index (χ3v) is 4.89. The summed E-state index contributed by atoms with van der Waals surface area (Å²) in [5, 5.41) is 1.09. The monoisotopic (exact) mass is 310 g/mol. The first-order valence-electron chi connectivity index (χ1n) is 6.67. The van der Waals surface area contributed by atoms with Gasteiger partial charge in [0.2, 0.25) is 0 Å². The number of hydrogen-bond donors (Lipinski definition) is 0. The molecular weight excluding hydrogens is 290 g/mol. The fraction of sp³-hybridized carbons (Fsp3) is 0.235. The molecule has 1 atom stereocenters. The normalized spacial score (nSPS) is 10.4. The van der Waals surface area contributed by atoms with Crippen molar-refractivity contribution in [2.24, 2.45) is 0 Å². The summed E-state index contributed by atoms with van der Waals surface area (Å²) in [4.78, 5) is 12.7. The summed E-state index contributed by atoms with van der Waals surface area (Å²) in [6.07, 6.45) is 0. The summed E-state index contributed by atoms with van der Waals surface area (Å²) < 4.78 is 10.6. The molecule has 0 amide bonds. The van der Waals surface area contributed by atoms with Crippen LogP contribution in [-0.2, 0) is 0 Å². The smallest absolute Gasteiger partial charge is 1.00 e. The zero-order chi connectivity index (χ0) is 15.4. The third-order valence-electron chi connectivity index (χ3n) is 3.37. The van der Waals surface area contributed by atoms with Crippen LogP contribution in [0.15, 0.2) is 36.4 Å². The number of ether oxygens (including phenoxy) is 2. The maximum atomic E-state index is 12.7. The molecule has 112 valence electrons. The standard InChI is InChI=1S/C17H19O3P.Li.H/c1-11-7-5-8-12(2)16(11)21-17(18)15-13(19-3)9-6-10-14(15)20-4;;/h5-10,21H,1-4H3;;/q;+1;-1. The van der Waals surface area contributed by atoms with Crippen molar-refractivity contribution >= 4 is 19.4 Å². The van der Waals surface area contributed by atoms with Crippen LogP contribution in [0.3, 0.4) is 0 Å². The summed E-state index contributed by atoms with van der Waals surface area (Å²) >= 11 is 0. The van der Waals surface area contributed by atoms with Gasteiger partial charge in [-0.1, -0.05) is 24.3 Å². The number of carbonyl (C=O) groups excluding carboxylic acids is 1. The van der Waals surface area contributed by atoms with E-state index < -0.39 is 0 Å². The predicted molar refractivity (Wildman–Crippen MR) is 88.9 cm³/mol. The number of benzene rings is 2. The molecule has 5 heteroatoms. The molecule has 0 spiro atoms. The van der Waals surface area contributed by atoms with Crippen LogP contribution < -0.4 is 33.6 Å². The van der Waals surface area contributed by atoms with Crippen LogP contribution in [0.25, 0.3) is 0 Å². The summed E-state index contributed by atoms with van der Waals surface area (Å²) in [5.74, 6) is 1.11. The van der Waals surface area contributed by atoms with E-state index >= 15 is 0 Å². The van der Waals surface area contributed by atoms with E-state index in [1.54, 1.807) is 26.4 Å². The molecule has 3 nitrogen and oxygen atoms in total. The van der Waals surface area contributed by atoms with Gasteiger partial charge in [-0.15, -0.1) is 0 Å². The van der Waals surface area contributed by atoms with Gasteiger partial charge in [-0.05, 0) is 51.0 Å². The quantitative estimate of drug-likeness (QED) is 0.599. The molecular formula is C17H20LiO3P. The van der Waals surface area contributed by atoms with Crippen LogP contribution in [0.5, 0.6) is 11.5 Å². The molecule has 0 saturated heterocycles. The van der Waals surface area contributed by atoms with Crippen molar-refractivity contribution in [2.45, 2.75) is 13.8 Å². The summed E-state index contributed by atoms with van der Waals surface area (Å²) in [7, 11) is 3.18. The van der Waals surface area contributed by atoms with Gasteiger partial charge in [-0.2, -0.15) is 0 Å². The van der Waals surface area contributed by atoms with Crippen molar-refractivity contribution < 1.29 is 34.6 Å². The summed E-state index contributed by atoms with van der Waals surface area (Å²) in [6, 6.07) is 11.4. The predicted octanol–water partition coefficient (Wildman–Crippen LogP) is 0.581. The molecule has 0 N–H and O–H groups in total. The Kier molecular flexibility index (Phi) is 7.17. The number of hydrogen-bond acceptors (Lipinski definition) is 3. The molecule has 2 aromatic carbocycles. The van der Waals surface area contributed by atoms with Gasteiger partial charge in [0.1, 0.15) is 17.1 Å². The largest absolute Gasteiger partial charge is 1.00 e. The Morgan fingerprint density at radius 1 is 0.955 bits per heavy atom. The minimum absolute atomic E-state index is 0. The second-order valence-corrected chi connectivity index (χ2v) is 5.96. The second kappa shape index (κ2) is 8.39. The molecule has 2 aromatic rings. The molecule has 0 heterocycles. The van der Waals surface area contributed by atoms with Gasteiger partial charge < -0.3 is 10.9 Å². The van der Waals surface area contributed by atoms with Gasteiger partial charge in [0, 0.05) is 0 Å². The zero-order valence-electron chi connectivity index (χ0n) is 14.7. The molecule has 0 aliphatic rings. The van der Waals surface area contributed by atoms with Crippen molar-refractivity contribution in [1.82, 2.24) is 0 Å². The van der Waals surface area contributed by atoms with Gasteiger partial charge in [0.05, 0.1) is 14.2 Å². The van der Waals surface area contributed by atoms with E-state index in [1.807, 2.05) is 38.1 Å². The number of aryl methyl sites for hydroxylation is 2. The minimum Gasteiger partial charge on any atom is -1.00 e. The SMILES string of the molecule is COc1cccc(OC)c1C(=O)Pc1c(C)cccc1C.[H-].[Li+]. The molecule has 0 aliphatic heterocycles. The maximum absolute atomic E-state index is 12.7. The Hall–Kier alpha value is -1.26. The Morgan fingerprint density at radius 2 is 1.41 bits per heavy atom. The number of rotatable bonds is 5. The summed E-state index contributed by atoms with van der Waals surface area (Å²) in [5.41, 5.74) is 2.82. The first-order valence-corrected chi connectivity index (χ1v) is 7.67. The van der Waals surface area contributed by atoms with Gasteiger partial charge in [-0.3, -0.25) is 4.79 Å². The van der Waals surface area contributed by atoms with Crippen LogP contribution in [-0.4, -0.2) is 19.7 Å². The minimum atomic E-state index is 0. The second-order valence-electron chi connectivity index (χ2n) is 4.76. The number of methoxy groups -OCH3 is 2. The zero-order valence-corrected chi connectivity index (χ0v) is 14.7. The van der Waals surface area contributed by atoms with E-state index in [0.717, 1.165) is 16.4 Å². The van der Waals surface area contributed by atoms with Crippen molar-refractivity contribution in [2.75, 3.05) is 14.2 Å². The topological polar surface area (TPSA) is 35.5 Å². The fourth-order valence-electron chi connectivity index (χ4n) is 2.26. The van der Waals surface area contributed by atoms with E-state index in [1.165, 1.54) is 0 Å². The molecule has 1 unspecified atom stereocenters. The Labute approximate surface area is 146 Å². The Balaban J connectivity index is 0.00000242. The molecule has 22 heavy (non-hydrogen) atoms. The summed E-state index contributed by atoms with van der Waals surface area (Å²) in [6.45, 7) is 4.06. The fourth-order valence-corrected chi connectivity index (χ4v) is 3.42. The molecule has 0 aromatic heterocycles. The van der Waals surface area contributed by atoms with E-state index in [-0.39, 0.29) is 34.4 Å². The molecule has 0 fully saturated rings. The van der Waals surface area contributed by atoms with Crippen molar-refractivity contribution in [3.63, 3.8) is 0 Å². The van der Waals surface area contributed by atoms with Crippen LogP contribution in [0.4, 0.5) is 0 Å². The molecule has 2 rings (SSSR count). The van der Waals surface area contributed by atoms with Gasteiger partial charge in [0.25, 0.3) is 0 Å². The molecule has 0 bridgehead atoms. The molecule has 0 saturated carbocycles. The van der Waals surface area contributed by atoms with Gasteiger partial charge in [-0.25, -0.2) is 0 Å². The van der Waals surface area contributed by atoms with Gasteiger partial charge in [0.15, 0.2) is 5.52 Å². The molecule has 0 radical (unpaired) electrons. The Morgan fingerprint density at radius 3 is 1.86 bits per heavy atom. The van der Waals surface area contributed by atoms with Crippen molar-refractivity contribution in [3.05, 3.63) is 53.1 Å². The average Bonchev–Trinajstić information content (AvgIpc) is 2.49. The van der Waals surface area contributed by atoms with E-state index in [0.29, 0.717) is 17.1 Å². The van der Waals surface area contributed by atoms with Crippen LogP contribution in [0, 0.1) is 13.8 Å². The first-order chi connectivity index (χ1) is 10.1. The molecule has 0 aliphatic carbocycles. The average molecular weight is 310 g/mol. The van der Waals surface area contributed by atoms with Crippen molar-refractivity contribution in [3.8, 4) is 11.5 Å². The van der Waals surface area contributed by atoms with Crippen LogP contribution in [0.2, 0.25) is 0 Å². The van der Waals surface area contributed by atoms with Crippen molar-refractivity contribution in [1.29, 1.82) is 0 Å². The van der Waals surface area contributed by atoms with Crippen LogP contribution >= 0.6 is 8.58 Å². The maximum Gasteiger partial charge on any atom is 1.00 e. The first kappa shape index (κ1) is 18.8. The van der Waals surface area contributed by atoms with E-state index in [2.05, 4.69) is 0 Å². The van der Waals surface area contributed by atoms with Gasteiger partial charge >= 0.3 is 18.9 Å². The van der Waals surface area contributed by atoms with Crippen LogP contribution in [0.1, 0.15) is 22.9 Å². The Bertz CT molecular complexity index is 634. The number of carbonyl (C=O) groups is 1.